The van der Waals surface area contributed by atoms with Gasteiger partial charge in [-0.2, -0.15) is 0 Å². The number of primary amides is 1. The topological polar surface area (TPSA) is 89.4 Å². The van der Waals surface area contributed by atoms with Crippen LogP contribution in [-0.2, 0) is 16.0 Å². The van der Waals surface area contributed by atoms with Gasteiger partial charge in [0.05, 0.1) is 12.6 Å². The maximum absolute atomic E-state index is 12.8. The van der Waals surface area contributed by atoms with Crippen LogP contribution in [-0.4, -0.2) is 29.3 Å². The Morgan fingerprint density at radius 3 is 2.44 bits per heavy atom. The minimum Gasteiger partial charge on any atom is -0.368 e. The van der Waals surface area contributed by atoms with Gasteiger partial charge in [0.25, 0.3) is 0 Å². The number of hydrogen-bond acceptors (Lipinski definition) is 3. The van der Waals surface area contributed by atoms with Crippen LogP contribution in [0.2, 0.25) is 0 Å². The van der Waals surface area contributed by atoms with Gasteiger partial charge in [0.2, 0.25) is 11.8 Å². The molecule has 0 heterocycles. The van der Waals surface area contributed by atoms with Crippen molar-refractivity contribution >= 4 is 11.8 Å². The molecular formula is C20H31N3O2. The molecule has 1 unspecified atom stereocenters. The molecule has 5 heteroatoms. The first-order valence-corrected chi connectivity index (χ1v) is 9.34. The van der Waals surface area contributed by atoms with Crippen molar-refractivity contribution in [2.24, 2.45) is 17.4 Å². The van der Waals surface area contributed by atoms with Crippen LogP contribution in [0.1, 0.15) is 63.1 Å². The lowest BCUT2D eigenvalue weighted by atomic mass is 9.97. The fourth-order valence-electron chi connectivity index (χ4n) is 3.70. The van der Waals surface area contributed by atoms with Crippen LogP contribution in [0, 0.1) is 5.92 Å². The van der Waals surface area contributed by atoms with Crippen molar-refractivity contribution in [3.8, 4) is 0 Å². The third-order valence-corrected chi connectivity index (χ3v) is 5.27. The van der Waals surface area contributed by atoms with Crippen LogP contribution >= 0.6 is 0 Å². The zero-order valence-corrected chi connectivity index (χ0v) is 15.4. The lowest BCUT2D eigenvalue weighted by Gasteiger charge is -2.30. The van der Waals surface area contributed by atoms with Gasteiger partial charge < -0.3 is 16.4 Å². The molecule has 1 aromatic carbocycles. The summed E-state index contributed by atoms with van der Waals surface area (Å²) in [7, 11) is 0. The first-order valence-electron chi connectivity index (χ1n) is 9.34. The Morgan fingerprint density at radius 1 is 1.24 bits per heavy atom. The number of nitrogens with two attached hydrogens (primary N) is 2. The zero-order valence-electron chi connectivity index (χ0n) is 15.4. The summed E-state index contributed by atoms with van der Waals surface area (Å²) in [6.07, 6.45) is 5.57. The van der Waals surface area contributed by atoms with E-state index in [9.17, 15) is 9.59 Å². The van der Waals surface area contributed by atoms with Crippen molar-refractivity contribution in [2.45, 2.75) is 64.5 Å². The standard InChI is InChI=1S/C20H31N3O2/c1-3-5-15-8-10-16(11-9-15)14(2)23(13-19(22)24)20(25)12-17-6-4-7-18(17)21/h8-11,14,17-18H,3-7,12-13,21H2,1-2H3,(H2,22,24)/t14?,17-,18+/m0/s1. The van der Waals surface area contributed by atoms with E-state index in [4.69, 9.17) is 11.5 Å². The normalized spacial score (nSPS) is 21.1. The van der Waals surface area contributed by atoms with Gasteiger partial charge in [0, 0.05) is 12.5 Å². The number of amides is 2. The van der Waals surface area contributed by atoms with Gasteiger partial charge in [-0.25, -0.2) is 0 Å². The largest absolute Gasteiger partial charge is 0.368 e. The van der Waals surface area contributed by atoms with Gasteiger partial charge in [-0.1, -0.05) is 44.0 Å². The lowest BCUT2D eigenvalue weighted by molar-refractivity contribution is -0.138. The molecule has 138 valence electrons. The summed E-state index contributed by atoms with van der Waals surface area (Å²) in [6.45, 7) is 4.04. The predicted molar refractivity (Wildman–Crippen MR) is 99.7 cm³/mol. The SMILES string of the molecule is CCCc1ccc(C(C)N(CC(N)=O)C(=O)C[C@@H]2CCC[C@H]2N)cc1. The summed E-state index contributed by atoms with van der Waals surface area (Å²) in [5.74, 6) is -0.313. The fourth-order valence-corrected chi connectivity index (χ4v) is 3.70. The van der Waals surface area contributed by atoms with Crippen molar-refractivity contribution in [3.63, 3.8) is 0 Å². The Hall–Kier alpha value is -1.88. The van der Waals surface area contributed by atoms with Crippen molar-refractivity contribution in [1.29, 1.82) is 0 Å². The molecule has 0 saturated heterocycles. The van der Waals surface area contributed by atoms with Crippen LogP contribution in [0.3, 0.4) is 0 Å². The molecule has 1 aromatic rings. The number of aryl methyl sites for hydroxylation is 1. The molecule has 0 aromatic heterocycles. The average molecular weight is 345 g/mol. The number of nitrogens with zero attached hydrogens (tertiary/aromatic N) is 1. The summed E-state index contributed by atoms with van der Waals surface area (Å²) in [5, 5.41) is 0. The summed E-state index contributed by atoms with van der Waals surface area (Å²) in [5.41, 5.74) is 13.8. The number of benzene rings is 1. The van der Waals surface area contributed by atoms with Gasteiger partial charge in [-0.15, -0.1) is 0 Å². The molecule has 2 amide bonds. The molecule has 5 nitrogen and oxygen atoms in total. The highest BCUT2D eigenvalue weighted by molar-refractivity contribution is 5.84. The quantitative estimate of drug-likeness (QED) is 0.758. The molecule has 1 aliphatic carbocycles. The third kappa shape index (κ3) is 5.30. The van der Waals surface area contributed by atoms with E-state index >= 15 is 0 Å². The molecule has 1 fully saturated rings. The number of carbonyl (C=O) groups excluding carboxylic acids is 2. The van der Waals surface area contributed by atoms with E-state index in [-0.39, 0.29) is 30.5 Å². The second-order valence-electron chi connectivity index (χ2n) is 7.21. The second-order valence-corrected chi connectivity index (χ2v) is 7.21. The molecule has 0 spiro atoms. The first-order chi connectivity index (χ1) is 11.9. The zero-order chi connectivity index (χ0) is 18.4. The van der Waals surface area contributed by atoms with E-state index in [1.165, 1.54) is 5.56 Å². The molecule has 3 atom stereocenters. The van der Waals surface area contributed by atoms with E-state index in [0.29, 0.717) is 6.42 Å². The smallest absolute Gasteiger partial charge is 0.237 e. The van der Waals surface area contributed by atoms with Crippen LogP contribution in [0.15, 0.2) is 24.3 Å². The van der Waals surface area contributed by atoms with Crippen molar-refractivity contribution < 1.29 is 9.59 Å². The molecule has 4 N–H and O–H groups in total. The van der Waals surface area contributed by atoms with Crippen molar-refractivity contribution in [1.82, 2.24) is 4.90 Å². The number of rotatable bonds is 8. The Balaban J connectivity index is 2.11. The average Bonchev–Trinajstić information content (AvgIpc) is 2.97. The Kier molecular flexibility index (Phi) is 7.00. The van der Waals surface area contributed by atoms with Gasteiger partial charge in [-0.05, 0) is 43.2 Å². The maximum atomic E-state index is 12.8. The summed E-state index contributed by atoms with van der Waals surface area (Å²) < 4.78 is 0. The molecule has 2 rings (SSSR count). The second kappa shape index (κ2) is 8.99. The Morgan fingerprint density at radius 2 is 1.92 bits per heavy atom. The van der Waals surface area contributed by atoms with E-state index < -0.39 is 5.91 Å². The van der Waals surface area contributed by atoms with Gasteiger partial charge in [0.15, 0.2) is 0 Å². The first kappa shape index (κ1) is 19.4. The van der Waals surface area contributed by atoms with E-state index in [0.717, 1.165) is 37.7 Å². The van der Waals surface area contributed by atoms with E-state index in [1.54, 1.807) is 4.90 Å². The number of carbonyl (C=O) groups is 2. The van der Waals surface area contributed by atoms with Crippen molar-refractivity contribution in [2.75, 3.05) is 6.54 Å². The van der Waals surface area contributed by atoms with Gasteiger partial charge in [-0.3, -0.25) is 9.59 Å². The summed E-state index contributed by atoms with van der Waals surface area (Å²) in [6, 6.07) is 8.16. The molecule has 0 bridgehead atoms. The van der Waals surface area contributed by atoms with Crippen molar-refractivity contribution in [3.05, 3.63) is 35.4 Å². The summed E-state index contributed by atoms with van der Waals surface area (Å²) in [4.78, 5) is 25.9. The maximum Gasteiger partial charge on any atom is 0.237 e. The molecular weight excluding hydrogens is 314 g/mol. The van der Waals surface area contributed by atoms with E-state index in [2.05, 4.69) is 19.1 Å². The molecule has 1 saturated carbocycles. The van der Waals surface area contributed by atoms with Crippen LogP contribution in [0.25, 0.3) is 0 Å². The van der Waals surface area contributed by atoms with Crippen LogP contribution in [0.4, 0.5) is 0 Å². The monoisotopic (exact) mass is 345 g/mol. The lowest BCUT2D eigenvalue weighted by Crippen LogP contribution is -2.41. The minimum atomic E-state index is -0.487. The highest BCUT2D eigenvalue weighted by Gasteiger charge is 2.30. The van der Waals surface area contributed by atoms with Gasteiger partial charge >= 0.3 is 0 Å². The summed E-state index contributed by atoms with van der Waals surface area (Å²) >= 11 is 0. The minimum absolute atomic E-state index is 0.0358. The molecule has 1 aliphatic rings. The molecule has 25 heavy (non-hydrogen) atoms. The predicted octanol–water partition coefficient (Wildman–Crippen LogP) is 2.53. The highest BCUT2D eigenvalue weighted by Crippen LogP contribution is 2.29. The molecule has 0 aliphatic heterocycles. The highest BCUT2D eigenvalue weighted by atomic mass is 16.2. The van der Waals surface area contributed by atoms with E-state index in [1.807, 2.05) is 19.1 Å². The fraction of sp³-hybridized carbons (Fsp3) is 0.600. The van der Waals surface area contributed by atoms with Gasteiger partial charge in [0.1, 0.15) is 0 Å². The Labute approximate surface area is 150 Å². The van der Waals surface area contributed by atoms with Crippen LogP contribution in [0.5, 0.6) is 0 Å². The third-order valence-electron chi connectivity index (χ3n) is 5.27. The Bertz CT molecular complexity index is 585. The number of hydrogen-bond donors (Lipinski definition) is 2. The van der Waals surface area contributed by atoms with Crippen LogP contribution < -0.4 is 11.5 Å². The molecule has 0 radical (unpaired) electrons.